The molecule has 0 aliphatic heterocycles. The Morgan fingerprint density at radius 2 is 2.06 bits per heavy atom. The zero-order chi connectivity index (χ0) is 12.1. The molecule has 0 amide bonds. The molecular weight excluding hydrogens is 208 g/mol. The van der Waals surface area contributed by atoms with Crippen LogP contribution in [0.1, 0.15) is 37.7 Å². The second-order valence-electron chi connectivity index (χ2n) is 5.25. The molecule has 1 aromatic rings. The Morgan fingerprint density at radius 1 is 1.29 bits per heavy atom. The monoisotopic (exact) mass is 232 g/mol. The molecule has 2 rings (SSSR count). The Hall–Kier alpha value is -0.860. The lowest BCUT2D eigenvalue weighted by Gasteiger charge is -2.22. The largest absolute Gasteiger partial charge is 0.330 e. The van der Waals surface area contributed by atoms with E-state index in [-0.39, 0.29) is 0 Å². The number of nitrogens with two attached hydrogens (primary N) is 1. The predicted molar refractivity (Wildman–Crippen MR) is 73.0 cm³/mol. The van der Waals surface area contributed by atoms with E-state index in [0.29, 0.717) is 17.9 Å². The molecule has 3 N–H and O–H groups in total. The van der Waals surface area contributed by atoms with Crippen molar-refractivity contribution in [3.05, 3.63) is 35.9 Å². The summed E-state index contributed by atoms with van der Waals surface area (Å²) < 4.78 is 0. The molecule has 0 heterocycles. The standard InChI is InChI=1S/C15H24N2/c1-12(13-6-3-2-4-7-13)11-17-15-9-5-8-14(15)10-16/h2-4,6-7,12,14-15,17H,5,8-11,16H2,1H3. The zero-order valence-electron chi connectivity index (χ0n) is 10.7. The van der Waals surface area contributed by atoms with Crippen molar-refractivity contribution in [1.82, 2.24) is 5.32 Å². The molecule has 1 fully saturated rings. The highest BCUT2D eigenvalue weighted by Gasteiger charge is 2.25. The molecular formula is C15H24N2. The topological polar surface area (TPSA) is 38.0 Å². The smallest absolute Gasteiger partial charge is 0.0108 e. The molecule has 3 unspecified atom stereocenters. The van der Waals surface area contributed by atoms with Crippen LogP contribution in [0, 0.1) is 5.92 Å². The van der Waals surface area contributed by atoms with Crippen LogP contribution in [-0.4, -0.2) is 19.1 Å². The van der Waals surface area contributed by atoms with E-state index in [1.807, 2.05) is 0 Å². The van der Waals surface area contributed by atoms with Crippen LogP contribution < -0.4 is 11.1 Å². The van der Waals surface area contributed by atoms with Crippen LogP contribution in [0.5, 0.6) is 0 Å². The number of hydrogen-bond donors (Lipinski definition) is 2. The van der Waals surface area contributed by atoms with Gasteiger partial charge in [-0.1, -0.05) is 43.7 Å². The van der Waals surface area contributed by atoms with Gasteiger partial charge in [0, 0.05) is 12.6 Å². The molecule has 0 bridgehead atoms. The van der Waals surface area contributed by atoms with Crippen LogP contribution in [0.2, 0.25) is 0 Å². The minimum Gasteiger partial charge on any atom is -0.330 e. The maximum Gasteiger partial charge on any atom is 0.0108 e. The van der Waals surface area contributed by atoms with Crippen molar-refractivity contribution < 1.29 is 0 Å². The van der Waals surface area contributed by atoms with Crippen molar-refractivity contribution in [3.8, 4) is 0 Å². The summed E-state index contributed by atoms with van der Waals surface area (Å²) in [4.78, 5) is 0. The molecule has 17 heavy (non-hydrogen) atoms. The predicted octanol–water partition coefficient (Wildman–Crippen LogP) is 2.51. The second-order valence-corrected chi connectivity index (χ2v) is 5.25. The first-order valence-electron chi connectivity index (χ1n) is 6.79. The summed E-state index contributed by atoms with van der Waals surface area (Å²) in [6, 6.07) is 11.4. The van der Waals surface area contributed by atoms with E-state index in [9.17, 15) is 0 Å². The highest BCUT2D eigenvalue weighted by atomic mass is 14.9. The Balaban J connectivity index is 1.82. The summed E-state index contributed by atoms with van der Waals surface area (Å²) in [5, 5.41) is 3.70. The SMILES string of the molecule is CC(CNC1CCCC1CN)c1ccccc1. The molecule has 3 atom stereocenters. The molecule has 0 spiro atoms. The third-order valence-electron chi connectivity index (χ3n) is 4.02. The fourth-order valence-corrected chi connectivity index (χ4v) is 2.82. The van der Waals surface area contributed by atoms with Crippen molar-refractivity contribution in [2.24, 2.45) is 11.7 Å². The molecule has 0 radical (unpaired) electrons. The van der Waals surface area contributed by atoms with E-state index >= 15 is 0 Å². The van der Waals surface area contributed by atoms with Gasteiger partial charge in [-0.15, -0.1) is 0 Å². The summed E-state index contributed by atoms with van der Waals surface area (Å²) in [7, 11) is 0. The zero-order valence-corrected chi connectivity index (χ0v) is 10.7. The van der Waals surface area contributed by atoms with Gasteiger partial charge in [0.1, 0.15) is 0 Å². The molecule has 1 aromatic carbocycles. The lowest BCUT2D eigenvalue weighted by atomic mass is 9.99. The first-order valence-corrected chi connectivity index (χ1v) is 6.79. The van der Waals surface area contributed by atoms with Crippen LogP contribution in [0.25, 0.3) is 0 Å². The van der Waals surface area contributed by atoms with Crippen molar-refractivity contribution in [2.45, 2.75) is 38.1 Å². The Morgan fingerprint density at radius 3 is 2.76 bits per heavy atom. The quantitative estimate of drug-likeness (QED) is 0.818. The van der Waals surface area contributed by atoms with Gasteiger partial charge in [-0.3, -0.25) is 0 Å². The van der Waals surface area contributed by atoms with Crippen LogP contribution in [0.15, 0.2) is 30.3 Å². The Bertz CT molecular complexity index is 323. The Kier molecular flexibility index (Phi) is 4.57. The van der Waals surface area contributed by atoms with Gasteiger partial charge < -0.3 is 11.1 Å². The molecule has 1 aliphatic rings. The van der Waals surface area contributed by atoms with E-state index in [2.05, 4.69) is 42.6 Å². The minimum absolute atomic E-state index is 0.579. The van der Waals surface area contributed by atoms with Crippen molar-refractivity contribution in [2.75, 3.05) is 13.1 Å². The third kappa shape index (κ3) is 3.30. The lowest BCUT2D eigenvalue weighted by molar-refractivity contribution is 0.399. The molecule has 0 saturated heterocycles. The number of benzene rings is 1. The summed E-state index contributed by atoms with van der Waals surface area (Å²) in [6.45, 7) is 4.18. The lowest BCUT2D eigenvalue weighted by Crippen LogP contribution is -2.37. The average Bonchev–Trinajstić information content (AvgIpc) is 2.84. The van der Waals surface area contributed by atoms with Crippen LogP contribution in [0.3, 0.4) is 0 Å². The molecule has 2 heteroatoms. The van der Waals surface area contributed by atoms with Gasteiger partial charge >= 0.3 is 0 Å². The summed E-state index contributed by atoms with van der Waals surface area (Å²) in [5.74, 6) is 1.27. The highest BCUT2D eigenvalue weighted by Crippen LogP contribution is 2.25. The van der Waals surface area contributed by atoms with E-state index < -0.39 is 0 Å². The molecule has 1 saturated carbocycles. The maximum absolute atomic E-state index is 5.80. The number of rotatable bonds is 5. The van der Waals surface area contributed by atoms with Gasteiger partial charge in [-0.05, 0) is 36.8 Å². The minimum atomic E-state index is 0.579. The van der Waals surface area contributed by atoms with Crippen molar-refractivity contribution >= 4 is 0 Å². The molecule has 0 aromatic heterocycles. The van der Waals surface area contributed by atoms with Gasteiger partial charge in [0.25, 0.3) is 0 Å². The van der Waals surface area contributed by atoms with Gasteiger partial charge in [0.15, 0.2) is 0 Å². The van der Waals surface area contributed by atoms with Crippen LogP contribution >= 0.6 is 0 Å². The van der Waals surface area contributed by atoms with E-state index in [0.717, 1.165) is 13.1 Å². The van der Waals surface area contributed by atoms with Crippen LogP contribution in [-0.2, 0) is 0 Å². The van der Waals surface area contributed by atoms with Gasteiger partial charge in [-0.25, -0.2) is 0 Å². The molecule has 94 valence electrons. The first kappa shape index (κ1) is 12.6. The number of hydrogen-bond acceptors (Lipinski definition) is 2. The van der Waals surface area contributed by atoms with Crippen LogP contribution in [0.4, 0.5) is 0 Å². The first-order chi connectivity index (χ1) is 8.31. The van der Waals surface area contributed by atoms with Crippen molar-refractivity contribution in [3.63, 3.8) is 0 Å². The van der Waals surface area contributed by atoms with Gasteiger partial charge in [0.05, 0.1) is 0 Å². The summed E-state index contributed by atoms with van der Waals surface area (Å²) in [5.41, 5.74) is 7.22. The molecule has 2 nitrogen and oxygen atoms in total. The average molecular weight is 232 g/mol. The van der Waals surface area contributed by atoms with Gasteiger partial charge in [0.2, 0.25) is 0 Å². The number of nitrogens with one attached hydrogen (secondary N) is 1. The van der Waals surface area contributed by atoms with E-state index in [1.54, 1.807) is 0 Å². The summed E-state index contributed by atoms with van der Waals surface area (Å²) >= 11 is 0. The van der Waals surface area contributed by atoms with Crippen molar-refractivity contribution in [1.29, 1.82) is 0 Å². The fourth-order valence-electron chi connectivity index (χ4n) is 2.82. The highest BCUT2D eigenvalue weighted by molar-refractivity contribution is 5.19. The Labute approximate surface area is 105 Å². The maximum atomic E-state index is 5.80. The summed E-state index contributed by atoms with van der Waals surface area (Å²) in [6.07, 6.45) is 3.93. The van der Waals surface area contributed by atoms with E-state index in [1.165, 1.54) is 24.8 Å². The normalized spacial score (nSPS) is 26.0. The molecule has 1 aliphatic carbocycles. The van der Waals surface area contributed by atoms with Gasteiger partial charge in [-0.2, -0.15) is 0 Å². The third-order valence-corrected chi connectivity index (χ3v) is 4.02. The van der Waals surface area contributed by atoms with E-state index in [4.69, 9.17) is 5.73 Å². The second kappa shape index (κ2) is 6.18. The fraction of sp³-hybridized carbons (Fsp3) is 0.600.